The normalized spacial score (nSPS) is 13.9. The lowest BCUT2D eigenvalue weighted by Crippen LogP contribution is -2.41. The summed E-state index contributed by atoms with van der Waals surface area (Å²) in [6, 6.07) is 6.92. The first-order chi connectivity index (χ1) is 5.94. The summed E-state index contributed by atoms with van der Waals surface area (Å²) in [5.74, 6) is -1.03. The lowest BCUT2D eigenvalue weighted by atomic mass is 9.94. The van der Waals surface area contributed by atoms with E-state index in [9.17, 15) is 4.79 Å². The van der Waals surface area contributed by atoms with Crippen molar-refractivity contribution in [3.8, 4) is 0 Å². The van der Waals surface area contributed by atoms with Crippen LogP contribution in [0, 0.1) is 0 Å². The number of hydrogen-bond acceptors (Lipinski definition) is 2. The van der Waals surface area contributed by atoms with Gasteiger partial charge in [-0.25, -0.2) is 4.79 Å². The van der Waals surface area contributed by atoms with Gasteiger partial charge in [-0.2, -0.15) is 0 Å². The Morgan fingerprint density at radius 2 is 1.86 bits per heavy atom. The molecule has 0 aliphatic carbocycles. The Kier molecular flexibility index (Phi) is 4.58. The maximum Gasteiger partial charge on any atom is 0.328 e. The zero-order valence-electron chi connectivity index (χ0n) is 7.53. The molecule has 78 valence electrons. The monoisotopic (exact) mass is 279 g/mol. The first-order valence-electron chi connectivity index (χ1n) is 3.73. The average molecular weight is 281 g/mol. The zero-order chi connectivity index (χ0) is 10.1. The van der Waals surface area contributed by atoms with Crippen molar-refractivity contribution < 1.29 is 9.90 Å². The van der Waals surface area contributed by atoms with E-state index in [0.29, 0.717) is 5.56 Å². The van der Waals surface area contributed by atoms with Crippen molar-refractivity contribution in [3.05, 3.63) is 34.3 Å². The van der Waals surface area contributed by atoms with Crippen LogP contribution >= 0.6 is 28.3 Å². The Balaban J connectivity index is 0.00000169. The first kappa shape index (κ1) is 13.4. The smallest absolute Gasteiger partial charge is 0.328 e. The SMILES string of the molecule is CC(N)(C(=O)O)c1ccc(Br)cc1.Cl. The summed E-state index contributed by atoms with van der Waals surface area (Å²) in [6.07, 6.45) is 0. The van der Waals surface area contributed by atoms with E-state index in [0.717, 1.165) is 4.47 Å². The van der Waals surface area contributed by atoms with Gasteiger partial charge in [-0.1, -0.05) is 28.1 Å². The molecule has 14 heavy (non-hydrogen) atoms. The quantitative estimate of drug-likeness (QED) is 0.872. The largest absolute Gasteiger partial charge is 0.480 e. The van der Waals surface area contributed by atoms with Crippen molar-refractivity contribution >= 4 is 34.3 Å². The van der Waals surface area contributed by atoms with Gasteiger partial charge in [0.1, 0.15) is 5.54 Å². The van der Waals surface area contributed by atoms with Crippen LogP contribution in [0.3, 0.4) is 0 Å². The van der Waals surface area contributed by atoms with Gasteiger partial charge in [0, 0.05) is 4.47 Å². The summed E-state index contributed by atoms with van der Waals surface area (Å²) in [5, 5.41) is 8.83. The molecule has 0 aliphatic rings. The number of aliphatic carboxylic acids is 1. The van der Waals surface area contributed by atoms with Crippen molar-refractivity contribution in [2.24, 2.45) is 5.73 Å². The molecule has 3 N–H and O–H groups in total. The lowest BCUT2D eigenvalue weighted by Gasteiger charge is -2.19. The van der Waals surface area contributed by atoms with Gasteiger partial charge in [-0.3, -0.25) is 0 Å². The maximum absolute atomic E-state index is 10.8. The minimum absolute atomic E-state index is 0. The van der Waals surface area contributed by atoms with Crippen LogP contribution in [0.5, 0.6) is 0 Å². The zero-order valence-corrected chi connectivity index (χ0v) is 9.93. The van der Waals surface area contributed by atoms with Gasteiger partial charge < -0.3 is 10.8 Å². The molecule has 0 saturated heterocycles. The Morgan fingerprint density at radius 1 is 1.43 bits per heavy atom. The fourth-order valence-corrected chi connectivity index (χ4v) is 1.18. The average Bonchev–Trinajstić information content (AvgIpc) is 2.04. The summed E-state index contributed by atoms with van der Waals surface area (Å²) in [5.41, 5.74) is 4.88. The number of hydrogen-bond donors (Lipinski definition) is 2. The Hall–Kier alpha value is -0.580. The molecule has 0 bridgehead atoms. The molecule has 0 spiro atoms. The molecule has 3 nitrogen and oxygen atoms in total. The van der Waals surface area contributed by atoms with Gasteiger partial charge in [-0.05, 0) is 24.6 Å². The van der Waals surface area contributed by atoms with Crippen LogP contribution in [0.25, 0.3) is 0 Å². The molecule has 1 unspecified atom stereocenters. The van der Waals surface area contributed by atoms with Crippen LogP contribution in [-0.4, -0.2) is 11.1 Å². The second-order valence-electron chi connectivity index (χ2n) is 3.01. The third-order valence-electron chi connectivity index (χ3n) is 1.89. The van der Waals surface area contributed by atoms with E-state index in [1.807, 2.05) is 0 Å². The highest BCUT2D eigenvalue weighted by atomic mass is 79.9. The molecular weight excluding hydrogens is 269 g/mol. The molecule has 0 aliphatic heterocycles. The summed E-state index contributed by atoms with van der Waals surface area (Å²) >= 11 is 3.26. The molecule has 0 aromatic heterocycles. The molecule has 0 radical (unpaired) electrons. The molecule has 1 atom stereocenters. The Labute approximate surface area is 96.8 Å². The third kappa shape index (κ3) is 2.70. The summed E-state index contributed by atoms with van der Waals surface area (Å²) in [4.78, 5) is 10.8. The molecule has 1 aromatic carbocycles. The predicted octanol–water partition coefficient (Wildman–Crippen LogP) is 2.13. The van der Waals surface area contributed by atoms with Crippen LogP contribution in [0.2, 0.25) is 0 Å². The molecular formula is C9H11BrClNO2. The van der Waals surface area contributed by atoms with E-state index < -0.39 is 11.5 Å². The first-order valence-corrected chi connectivity index (χ1v) is 4.52. The van der Waals surface area contributed by atoms with E-state index >= 15 is 0 Å². The van der Waals surface area contributed by atoms with Gasteiger partial charge in [0.15, 0.2) is 0 Å². The van der Waals surface area contributed by atoms with Crippen molar-refractivity contribution in [2.45, 2.75) is 12.5 Å². The summed E-state index contributed by atoms with van der Waals surface area (Å²) in [6.45, 7) is 1.47. The minimum Gasteiger partial charge on any atom is -0.480 e. The number of benzene rings is 1. The van der Waals surface area contributed by atoms with E-state index in [1.54, 1.807) is 24.3 Å². The second-order valence-corrected chi connectivity index (χ2v) is 3.93. The van der Waals surface area contributed by atoms with Gasteiger partial charge in [0.25, 0.3) is 0 Å². The number of carboxylic acids is 1. The molecule has 5 heteroatoms. The molecule has 1 rings (SSSR count). The minimum atomic E-state index is -1.32. The number of nitrogens with two attached hydrogens (primary N) is 1. The topological polar surface area (TPSA) is 63.3 Å². The Bertz CT molecular complexity index is 324. The van der Waals surface area contributed by atoms with Crippen LogP contribution in [0.4, 0.5) is 0 Å². The van der Waals surface area contributed by atoms with E-state index in [1.165, 1.54) is 6.92 Å². The predicted molar refractivity (Wildman–Crippen MR) is 60.6 cm³/mol. The van der Waals surface area contributed by atoms with Crippen molar-refractivity contribution in [1.82, 2.24) is 0 Å². The van der Waals surface area contributed by atoms with E-state index in [-0.39, 0.29) is 12.4 Å². The van der Waals surface area contributed by atoms with Crippen molar-refractivity contribution in [3.63, 3.8) is 0 Å². The number of carbonyl (C=O) groups is 1. The molecule has 0 saturated carbocycles. The molecule has 0 amide bonds. The summed E-state index contributed by atoms with van der Waals surface area (Å²) in [7, 11) is 0. The van der Waals surface area contributed by atoms with Crippen molar-refractivity contribution in [2.75, 3.05) is 0 Å². The highest BCUT2D eigenvalue weighted by molar-refractivity contribution is 9.10. The second kappa shape index (κ2) is 4.77. The van der Waals surface area contributed by atoms with Gasteiger partial charge in [-0.15, -0.1) is 12.4 Å². The van der Waals surface area contributed by atoms with Gasteiger partial charge >= 0.3 is 5.97 Å². The fourth-order valence-electron chi connectivity index (χ4n) is 0.920. The fraction of sp³-hybridized carbons (Fsp3) is 0.222. The Morgan fingerprint density at radius 3 is 2.21 bits per heavy atom. The van der Waals surface area contributed by atoms with Gasteiger partial charge in [0.05, 0.1) is 0 Å². The van der Waals surface area contributed by atoms with Crippen LogP contribution < -0.4 is 5.73 Å². The molecule has 1 aromatic rings. The van der Waals surface area contributed by atoms with Crippen molar-refractivity contribution in [1.29, 1.82) is 0 Å². The van der Waals surface area contributed by atoms with Crippen LogP contribution in [0.15, 0.2) is 28.7 Å². The maximum atomic E-state index is 10.8. The number of carboxylic acid groups (broad SMARTS) is 1. The molecule has 0 fully saturated rings. The lowest BCUT2D eigenvalue weighted by molar-refractivity contribution is -0.143. The summed E-state index contributed by atoms with van der Waals surface area (Å²) < 4.78 is 0.900. The van der Waals surface area contributed by atoms with E-state index in [4.69, 9.17) is 10.8 Å². The van der Waals surface area contributed by atoms with Crippen LogP contribution in [-0.2, 0) is 10.3 Å². The standard InChI is InChI=1S/C9H10BrNO2.ClH/c1-9(11,8(12)13)6-2-4-7(10)5-3-6;/h2-5H,11H2,1H3,(H,12,13);1H. The molecule has 0 heterocycles. The third-order valence-corrected chi connectivity index (χ3v) is 2.42. The van der Waals surface area contributed by atoms with Gasteiger partial charge in [0.2, 0.25) is 0 Å². The number of rotatable bonds is 2. The highest BCUT2D eigenvalue weighted by Crippen LogP contribution is 2.20. The number of halogens is 2. The highest BCUT2D eigenvalue weighted by Gasteiger charge is 2.29. The van der Waals surface area contributed by atoms with E-state index in [2.05, 4.69) is 15.9 Å². The van der Waals surface area contributed by atoms with Crippen LogP contribution in [0.1, 0.15) is 12.5 Å².